The number of hydrogen-bond donors (Lipinski definition) is 1. The fourth-order valence-corrected chi connectivity index (χ4v) is 4.08. The lowest BCUT2D eigenvalue weighted by molar-refractivity contribution is -0.385. The van der Waals surface area contributed by atoms with Crippen molar-refractivity contribution in [2.75, 3.05) is 6.54 Å². The summed E-state index contributed by atoms with van der Waals surface area (Å²) >= 11 is 0. The number of unbranched alkanes of at least 4 members (excludes halogenated alkanes) is 15. The summed E-state index contributed by atoms with van der Waals surface area (Å²) in [6, 6.07) is 0. The van der Waals surface area contributed by atoms with Gasteiger partial charge in [0.25, 0.3) is 5.91 Å². The van der Waals surface area contributed by atoms with E-state index in [0.29, 0.717) is 6.54 Å². The van der Waals surface area contributed by atoms with E-state index in [1.807, 2.05) is 0 Å². The van der Waals surface area contributed by atoms with Crippen molar-refractivity contribution in [2.24, 2.45) is 7.05 Å². The molecule has 0 aliphatic carbocycles. The minimum atomic E-state index is -0.536. The molecule has 178 valence electrons. The molecule has 7 nitrogen and oxygen atoms in total. The molecule has 1 heterocycles. The molecular weight excluding hydrogens is 392 g/mol. The highest BCUT2D eigenvalue weighted by atomic mass is 16.6. The Morgan fingerprint density at radius 1 is 0.871 bits per heavy atom. The number of nitrogens with one attached hydrogen (secondary N) is 1. The maximum Gasteiger partial charge on any atom is 0.322 e. The van der Waals surface area contributed by atoms with E-state index >= 15 is 0 Å². The molecule has 0 aliphatic heterocycles. The van der Waals surface area contributed by atoms with Crippen LogP contribution in [0.3, 0.4) is 0 Å². The fraction of sp³-hybridized carbons (Fsp3) is 0.833. The number of aromatic nitrogens is 2. The second-order valence-electron chi connectivity index (χ2n) is 8.72. The fourth-order valence-electron chi connectivity index (χ4n) is 4.08. The monoisotopic (exact) mass is 436 g/mol. The summed E-state index contributed by atoms with van der Waals surface area (Å²) in [5.41, 5.74) is 0.0889. The highest BCUT2D eigenvalue weighted by Gasteiger charge is 2.28. The van der Waals surface area contributed by atoms with Crippen LogP contribution in [0.1, 0.15) is 126 Å². The minimum absolute atomic E-state index is 0.0268. The Balaban J connectivity index is 1.95. The van der Waals surface area contributed by atoms with Crippen molar-refractivity contribution >= 4 is 11.6 Å². The van der Waals surface area contributed by atoms with Crippen LogP contribution in [0, 0.1) is 17.0 Å². The van der Waals surface area contributed by atoms with E-state index < -0.39 is 10.8 Å². The first-order valence-corrected chi connectivity index (χ1v) is 12.4. The molecule has 0 aromatic carbocycles. The number of hydrogen-bond acceptors (Lipinski definition) is 4. The third-order valence-corrected chi connectivity index (χ3v) is 5.90. The standard InChI is InChI=1S/C24H44N4O3/c1-4-5-6-7-8-9-10-11-12-13-14-15-16-17-18-19-20-25-24(29)23-22(28(30)31)21(2)26-27(23)3/h4-20H2,1-3H3,(H,25,29). The maximum absolute atomic E-state index is 12.3. The number of nitro groups is 1. The first-order valence-electron chi connectivity index (χ1n) is 12.4. The van der Waals surface area contributed by atoms with Gasteiger partial charge in [-0.3, -0.25) is 19.6 Å². The van der Waals surface area contributed by atoms with Gasteiger partial charge in [-0.25, -0.2) is 0 Å². The molecular formula is C24H44N4O3. The predicted molar refractivity (Wildman–Crippen MR) is 126 cm³/mol. The zero-order valence-corrected chi connectivity index (χ0v) is 20.1. The highest BCUT2D eigenvalue weighted by Crippen LogP contribution is 2.22. The molecule has 0 fully saturated rings. The molecule has 0 atom stereocenters. The van der Waals surface area contributed by atoms with E-state index in [0.717, 1.165) is 12.8 Å². The van der Waals surface area contributed by atoms with Crippen LogP contribution in [0.5, 0.6) is 0 Å². The van der Waals surface area contributed by atoms with Gasteiger partial charge >= 0.3 is 5.69 Å². The molecule has 1 amide bonds. The zero-order valence-electron chi connectivity index (χ0n) is 20.1. The molecule has 1 aromatic rings. The Morgan fingerprint density at radius 3 is 1.71 bits per heavy atom. The summed E-state index contributed by atoms with van der Waals surface area (Å²) in [7, 11) is 1.56. The molecule has 1 rings (SSSR count). The minimum Gasteiger partial charge on any atom is -0.350 e. The van der Waals surface area contributed by atoms with Crippen molar-refractivity contribution in [1.29, 1.82) is 0 Å². The molecule has 31 heavy (non-hydrogen) atoms. The topological polar surface area (TPSA) is 90.1 Å². The smallest absolute Gasteiger partial charge is 0.322 e. The van der Waals surface area contributed by atoms with Crippen molar-refractivity contribution in [1.82, 2.24) is 15.1 Å². The van der Waals surface area contributed by atoms with E-state index in [-0.39, 0.29) is 17.1 Å². The summed E-state index contributed by atoms with van der Waals surface area (Å²) in [5, 5.41) is 18.0. The van der Waals surface area contributed by atoms with Crippen molar-refractivity contribution in [3.63, 3.8) is 0 Å². The number of carbonyl (C=O) groups is 1. The lowest BCUT2D eigenvalue weighted by Crippen LogP contribution is -2.27. The van der Waals surface area contributed by atoms with Crippen LogP contribution in [-0.4, -0.2) is 27.2 Å². The van der Waals surface area contributed by atoms with Gasteiger partial charge in [-0.15, -0.1) is 0 Å². The summed E-state index contributed by atoms with van der Waals surface area (Å²) in [4.78, 5) is 22.9. The summed E-state index contributed by atoms with van der Waals surface area (Å²) in [5.74, 6) is -0.421. The Labute approximate surface area is 188 Å². The quantitative estimate of drug-likeness (QED) is 0.150. The van der Waals surface area contributed by atoms with Crippen LogP contribution in [0.4, 0.5) is 5.69 Å². The van der Waals surface area contributed by atoms with Crippen LogP contribution in [0.25, 0.3) is 0 Å². The summed E-state index contributed by atoms with van der Waals surface area (Å²) < 4.78 is 1.29. The molecule has 0 aliphatic rings. The highest BCUT2D eigenvalue weighted by molar-refractivity contribution is 5.96. The van der Waals surface area contributed by atoms with Crippen molar-refractivity contribution in [2.45, 2.75) is 117 Å². The number of amides is 1. The largest absolute Gasteiger partial charge is 0.350 e. The Bertz CT molecular complexity index is 643. The van der Waals surface area contributed by atoms with Gasteiger partial charge < -0.3 is 5.32 Å². The number of rotatable bonds is 19. The average molecular weight is 437 g/mol. The summed E-state index contributed by atoms with van der Waals surface area (Å²) in [6.07, 6.45) is 20.9. The summed E-state index contributed by atoms with van der Waals surface area (Å²) in [6.45, 7) is 4.35. The lowest BCUT2D eigenvalue weighted by Gasteiger charge is -2.06. The normalized spacial score (nSPS) is 11.1. The number of carbonyl (C=O) groups excluding carboxylic acids is 1. The first-order chi connectivity index (χ1) is 15.0. The Kier molecular flexibility index (Phi) is 14.6. The van der Waals surface area contributed by atoms with E-state index in [9.17, 15) is 14.9 Å². The zero-order chi connectivity index (χ0) is 22.9. The third-order valence-electron chi connectivity index (χ3n) is 5.90. The van der Waals surface area contributed by atoms with Gasteiger partial charge in [-0.05, 0) is 13.3 Å². The van der Waals surface area contributed by atoms with Gasteiger partial charge in [0, 0.05) is 13.6 Å². The molecule has 0 saturated heterocycles. The third kappa shape index (κ3) is 11.3. The van der Waals surface area contributed by atoms with Crippen LogP contribution < -0.4 is 5.32 Å². The van der Waals surface area contributed by atoms with Crippen molar-refractivity contribution in [3.05, 3.63) is 21.5 Å². The van der Waals surface area contributed by atoms with Gasteiger partial charge in [-0.2, -0.15) is 5.10 Å². The first kappa shape index (κ1) is 27.1. The molecule has 1 N–H and O–H groups in total. The van der Waals surface area contributed by atoms with Crippen LogP contribution >= 0.6 is 0 Å². The molecule has 0 saturated carbocycles. The van der Waals surface area contributed by atoms with Gasteiger partial charge in [0.2, 0.25) is 5.69 Å². The van der Waals surface area contributed by atoms with E-state index in [1.165, 1.54) is 94.6 Å². The van der Waals surface area contributed by atoms with Crippen LogP contribution in [-0.2, 0) is 7.05 Å². The molecule has 0 radical (unpaired) electrons. The van der Waals surface area contributed by atoms with Gasteiger partial charge in [-0.1, -0.05) is 103 Å². The van der Waals surface area contributed by atoms with Gasteiger partial charge in [0.15, 0.2) is 0 Å². The van der Waals surface area contributed by atoms with E-state index in [1.54, 1.807) is 14.0 Å². The Morgan fingerprint density at radius 2 is 1.29 bits per heavy atom. The SMILES string of the molecule is CCCCCCCCCCCCCCCCCCNC(=O)c1c([N+](=O)[O-])c(C)nn1C. The molecule has 0 unspecified atom stereocenters. The maximum atomic E-state index is 12.3. The van der Waals surface area contributed by atoms with Gasteiger partial charge in [0.1, 0.15) is 5.69 Å². The average Bonchev–Trinajstić information content (AvgIpc) is 3.04. The number of nitrogens with zero attached hydrogens (tertiary/aromatic N) is 3. The lowest BCUT2D eigenvalue weighted by atomic mass is 10.0. The predicted octanol–water partition coefficient (Wildman–Crippen LogP) is 6.63. The van der Waals surface area contributed by atoms with Crippen molar-refractivity contribution < 1.29 is 9.72 Å². The van der Waals surface area contributed by atoms with E-state index in [4.69, 9.17) is 0 Å². The second-order valence-corrected chi connectivity index (χ2v) is 8.72. The Hall–Kier alpha value is -1.92. The number of aryl methyl sites for hydroxylation is 2. The molecule has 7 heteroatoms. The van der Waals surface area contributed by atoms with E-state index in [2.05, 4.69) is 17.3 Å². The molecule has 0 bridgehead atoms. The van der Waals surface area contributed by atoms with Crippen LogP contribution in [0.2, 0.25) is 0 Å². The van der Waals surface area contributed by atoms with Crippen LogP contribution in [0.15, 0.2) is 0 Å². The molecule has 1 aromatic heterocycles. The van der Waals surface area contributed by atoms with Crippen molar-refractivity contribution in [3.8, 4) is 0 Å². The second kappa shape index (κ2) is 16.7. The van der Waals surface area contributed by atoms with Gasteiger partial charge in [0.05, 0.1) is 4.92 Å². The molecule has 0 spiro atoms.